The molecule has 2 unspecified atom stereocenters. The summed E-state index contributed by atoms with van der Waals surface area (Å²) in [6, 6.07) is 18.9. The van der Waals surface area contributed by atoms with Crippen LogP contribution in [0.4, 0.5) is 14.5 Å². The highest BCUT2D eigenvalue weighted by Gasteiger charge is 2.41. The van der Waals surface area contributed by atoms with Gasteiger partial charge >= 0.3 is 0 Å². The van der Waals surface area contributed by atoms with Crippen molar-refractivity contribution in [3.05, 3.63) is 107 Å². The highest BCUT2D eigenvalue weighted by Crippen LogP contribution is 2.41. The van der Waals surface area contributed by atoms with Gasteiger partial charge in [0.2, 0.25) is 5.91 Å². The minimum absolute atomic E-state index is 0.0681. The molecule has 1 saturated heterocycles. The number of nitrogens with one attached hydrogen (secondary N) is 2. The minimum atomic E-state index is -0.502. The van der Waals surface area contributed by atoms with E-state index in [4.69, 9.17) is 16.6 Å². The lowest BCUT2D eigenvalue weighted by atomic mass is 10.0. The van der Waals surface area contributed by atoms with E-state index in [1.807, 2.05) is 35.2 Å². The fourth-order valence-corrected chi connectivity index (χ4v) is 5.18. The molecule has 0 spiro atoms. The van der Waals surface area contributed by atoms with Crippen LogP contribution in [0.3, 0.4) is 0 Å². The molecular formula is C27H21BrF2N4O2S. The molecule has 188 valence electrons. The number of amides is 1. The second-order valence-corrected chi connectivity index (χ2v) is 9.67. The lowest BCUT2D eigenvalue weighted by molar-refractivity contribution is -0.116. The van der Waals surface area contributed by atoms with Crippen LogP contribution in [0.5, 0.6) is 0 Å². The third-order valence-electron chi connectivity index (χ3n) is 6.04. The van der Waals surface area contributed by atoms with Gasteiger partial charge in [0.05, 0.1) is 17.4 Å². The lowest BCUT2D eigenvalue weighted by Gasteiger charge is -2.25. The first-order valence-electron chi connectivity index (χ1n) is 11.5. The average Bonchev–Trinajstić information content (AvgIpc) is 3.49. The monoisotopic (exact) mass is 582 g/mol. The van der Waals surface area contributed by atoms with E-state index in [0.29, 0.717) is 26.7 Å². The van der Waals surface area contributed by atoms with Crippen molar-refractivity contribution in [2.24, 2.45) is 0 Å². The number of pyridine rings is 1. The van der Waals surface area contributed by atoms with Crippen LogP contribution in [0.25, 0.3) is 11.3 Å². The van der Waals surface area contributed by atoms with Gasteiger partial charge in [-0.05, 0) is 82.7 Å². The fraction of sp³-hybridized carbons (Fsp3) is 0.148. The summed E-state index contributed by atoms with van der Waals surface area (Å²) in [6.45, 7) is 0.260. The fourth-order valence-electron chi connectivity index (χ4n) is 4.30. The molecule has 2 N–H and O–H groups in total. The maximum Gasteiger partial charge on any atom is 0.226 e. The molecule has 0 aliphatic carbocycles. The van der Waals surface area contributed by atoms with Crippen LogP contribution in [0, 0.1) is 11.6 Å². The van der Waals surface area contributed by atoms with E-state index in [-0.39, 0.29) is 36.4 Å². The zero-order valence-corrected chi connectivity index (χ0v) is 21.7. The highest BCUT2D eigenvalue weighted by molar-refractivity contribution is 9.10. The van der Waals surface area contributed by atoms with Gasteiger partial charge in [-0.25, -0.2) is 8.78 Å². The summed E-state index contributed by atoms with van der Waals surface area (Å²) < 4.78 is 34.4. The summed E-state index contributed by atoms with van der Waals surface area (Å²) in [7, 11) is 0. The van der Waals surface area contributed by atoms with Crippen LogP contribution in [0.15, 0.2) is 87.9 Å². The molecular weight excluding hydrogens is 562 g/mol. The van der Waals surface area contributed by atoms with Crippen molar-refractivity contribution in [3.8, 4) is 11.3 Å². The zero-order chi connectivity index (χ0) is 25.9. The molecule has 6 nitrogen and oxygen atoms in total. The van der Waals surface area contributed by atoms with Crippen LogP contribution in [0.2, 0.25) is 0 Å². The standard InChI is InChI=1S/C27H21BrF2N4O2S/c28-18-15-16(29)8-9-17(18)22-10-11-23(36-22)26-25(21-7-3-4-13-31-21)33-27(37)34(26)14-12-24(35)32-20-6-2-1-5-19(20)30/h1-11,13,15,25-26H,12,14H2,(H,32,35)(H,33,37). The molecule has 2 aromatic heterocycles. The largest absolute Gasteiger partial charge is 0.459 e. The van der Waals surface area contributed by atoms with Gasteiger partial charge in [0.1, 0.15) is 29.2 Å². The molecule has 0 radical (unpaired) electrons. The molecule has 2 aromatic carbocycles. The SMILES string of the molecule is O=C(CCN1C(=S)NC(c2ccccn2)C1c1ccc(-c2ccc(F)cc2Br)o1)Nc1ccccc1F. The number of halogens is 3. The van der Waals surface area contributed by atoms with Crippen molar-refractivity contribution in [2.45, 2.75) is 18.5 Å². The predicted octanol–water partition coefficient (Wildman–Crippen LogP) is 6.38. The number of hydrogen-bond donors (Lipinski definition) is 2. The Morgan fingerprint density at radius 3 is 2.68 bits per heavy atom. The number of aromatic nitrogens is 1. The number of carbonyl (C=O) groups excluding carboxylic acids is 1. The van der Waals surface area contributed by atoms with E-state index in [0.717, 1.165) is 5.69 Å². The molecule has 0 bridgehead atoms. The first-order valence-corrected chi connectivity index (χ1v) is 12.7. The molecule has 0 saturated carbocycles. The molecule has 1 aliphatic rings. The molecule has 1 fully saturated rings. The van der Waals surface area contributed by atoms with E-state index in [2.05, 4.69) is 31.5 Å². The van der Waals surface area contributed by atoms with Crippen LogP contribution in [-0.2, 0) is 4.79 Å². The Balaban J connectivity index is 1.42. The summed E-state index contributed by atoms with van der Waals surface area (Å²) in [5, 5.41) is 6.36. The van der Waals surface area contributed by atoms with E-state index in [1.165, 1.54) is 24.3 Å². The number of hydrogen-bond acceptors (Lipinski definition) is 4. The molecule has 3 heterocycles. The quantitative estimate of drug-likeness (QED) is 0.246. The van der Waals surface area contributed by atoms with Crippen LogP contribution in [0.1, 0.15) is 30.0 Å². The Labute approximate surface area is 225 Å². The van der Waals surface area contributed by atoms with Gasteiger partial charge in [0, 0.05) is 29.2 Å². The van der Waals surface area contributed by atoms with Gasteiger partial charge < -0.3 is 20.0 Å². The Kier molecular flexibility index (Phi) is 7.29. The highest BCUT2D eigenvalue weighted by atomic mass is 79.9. The van der Waals surface area contributed by atoms with E-state index in [1.54, 1.807) is 24.4 Å². The maximum atomic E-state index is 14.0. The number of anilines is 1. The van der Waals surface area contributed by atoms with Crippen molar-refractivity contribution in [1.82, 2.24) is 15.2 Å². The van der Waals surface area contributed by atoms with E-state index in [9.17, 15) is 13.6 Å². The van der Waals surface area contributed by atoms with Crippen molar-refractivity contribution >= 4 is 44.9 Å². The zero-order valence-electron chi connectivity index (χ0n) is 19.3. The van der Waals surface area contributed by atoms with Crippen molar-refractivity contribution < 1.29 is 18.0 Å². The van der Waals surface area contributed by atoms with Crippen molar-refractivity contribution in [2.75, 3.05) is 11.9 Å². The summed E-state index contributed by atoms with van der Waals surface area (Å²) in [5.41, 5.74) is 1.58. The number of nitrogens with zero attached hydrogens (tertiary/aromatic N) is 2. The molecule has 2 atom stereocenters. The Bertz CT molecular complexity index is 1450. The molecule has 1 amide bonds. The lowest BCUT2D eigenvalue weighted by Crippen LogP contribution is -2.32. The van der Waals surface area contributed by atoms with Crippen LogP contribution >= 0.6 is 28.1 Å². The van der Waals surface area contributed by atoms with Crippen molar-refractivity contribution in [1.29, 1.82) is 0 Å². The second kappa shape index (κ2) is 10.8. The van der Waals surface area contributed by atoms with Gasteiger partial charge in [0.25, 0.3) is 0 Å². The Morgan fingerprint density at radius 2 is 1.92 bits per heavy atom. The van der Waals surface area contributed by atoms with E-state index < -0.39 is 11.9 Å². The number of furan rings is 1. The van der Waals surface area contributed by atoms with E-state index >= 15 is 0 Å². The summed E-state index contributed by atoms with van der Waals surface area (Å²) >= 11 is 9.03. The smallest absolute Gasteiger partial charge is 0.226 e. The summed E-state index contributed by atoms with van der Waals surface area (Å²) in [4.78, 5) is 19.0. The normalized spacial score (nSPS) is 17.1. The van der Waals surface area contributed by atoms with Gasteiger partial charge in [-0.1, -0.05) is 18.2 Å². The van der Waals surface area contributed by atoms with Gasteiger partial charge in [0.15, 0.2) is 5.11 Å². The first-order chi connectivity index (χ1) is 17.9. The second-order valence-electron chi connectivity index (χ2n) is 8.42. The third kappa shape index (κ3) is 5.40. The molecule has 37 heavy (non-hydrogen) atoms. The Hall–Kier alpha value is -3.63. The van der Waals surface area contributed by atoms with Gasteiger partial charge in [-0.15, -0.1) is 0 Å². The maximum absolute atomic E-state index is 14.0. The van der Waals surface area contributed by atoms with Crippen LogP contribution in [-0.4, -0.2) is 27.4 Å². The average molecular weight is 583 g/mol. The molecule has 5 rings (SSSR count). The topological polar surface area (TPSA) is 70.4 Å². The van der Waals surface area contributed by atoms with Crippen LogP contribution < -0.4 is 10.6 Å². The minimum Gasteiger partial charge on any atom is -0.459 e. The van der Waals surface area contributed by atoms with Gasteiger partial charge in [-0.3, -0.25) is 9.78 Å². The third-order valence-corrected chi connectivity index (χ3v) is 7.05. The number of rotatable bonds is 7. The molecule has 4 aromatic rings. The number of carbonyl (C=O) groups is 1. The van der Waals surface area contributed by atoms with Gasteiger partial charge in [-0.2, -0.15) is 0 Å². The Morgan fingerprint density at radius 1 is 1.11 bits per heavy atom. The molecule has 10 heteroatoms. The number of thiocarbonyl (C=S) groups is 1. The first kappa shape index (κ1) is 25.0. The number of para-hydroxylation sites is 1. The summed E-state index contributed by atoms with van der Waals surface area (Å²) in [5.74, 6) is -0.0519. The summed E-state index contributed by atoms with van der Waals surface area (Å²) in [6.07, 6.45) is 1.77. The number of benzene rings is 2. The predicted molar refractivity (Wildman–Crippen MR) is 144 cm³/mol. The van der Waals surface area contributed by atoms with Crippen molar-refractivity contribution in [3.63, 3.8) is 0 Å². The molecule has 1 aliphatic heterocycles.